The molecule has 3 aromatic carbocycles. The fourth-order valence-electron chi connectivity index (χ4n) is 4.91. The van der Waals surface area contributed by atoms with E-state index >= 15 is 0 Å². The molecular weight excluding hydrogens is 434 g/mol. The number of carbonyl (C=O) groups is 1. The Kier molecular flexibility index (Phi) is 4.58. The molecule has 0 spiro atoms. The van der Waals surface area contributed by atoms with Gasteiger partial charge >= 0.3 is 0 Å². The molecule has 4 aromatic rings. The maximum Gasteiger partial charge on any atom is 0.262 e. The first-order valence-corrected chi connectivity index (χ1v) is 11.0. The molecule has 2 heterocycles. The number of hydrogen-bond donors (Lipinski definition) is 0. The molecule has 0 radical (unpaired) electrons. The van der Waals surface area contributed by atoms with Gasteiger partial charge in [-0.25, -0.2) is 0 Å². The predicted octanol–water partition coefficient (Wildman–Crippen LogP) is 4.07. The molecule has 0 N–H and O–H groups in total. The monoisotopic (exact) mass is 455 g/mol. The van der Waals surface area contributed by atoms with E-state index in [1.807, 2.05) is 42.5 Å². The number of para-hydroxylation sites is 2. The van der Waals surface area contributed by atoms with Crippen molar-refractivity contribution in [2.24, 2.45) is 0 Å². The van der Waals surface area contributed by atoms with Gasteiger partial charge in [0, 0.05) is 16.5 Å². The van der Waals surface area contributed by atoms with Gasteiger partial charge in [0.2, 0.25) is 0 Å². The summed E-state index contributed by atoms with van der Waals surface area (Å²) in [7, 11) is 3.00. The minimum Gasteiger partial charge on any atom is -0.493 e. The Morgan fingerprint density at radius 2 is 1.65 bits per heavy atom. The van der Waals surface area contributed by atoms with Gasteiger partial charge in [0.25, 0.3) is 5.56 Å². The summed E-state index contributed by atoms with van der Waals surface area (Å²) in [4.78, 5) is 27.5. The van der Waals surface area contributed by atoms with Crippen molar-refractivity contribution < 1.29 is 23.7 Å². The third-order valence-corrected chi connectivity index (χ3v) is 6.39. The molecule has 1 aliphatic carbocycles. The van der Waals surface area contributed by atoms with Crippen LogP contribution in [0.25, 0.3) is 22.0 Å². The van der Waals surface area contributed by atoms with E-state index in [0.717, 1.165) is 5.56 Å². The minimum absolute atomic E-state index is 0.122. The van der Waals surface area contributed by atoms with Gasteiger partial charge in [-0.15, -0.1) is 0 Å². The van der Waals surface area contributed by atoms with Crippen molar-refractivity contribution in [2.45, 2.75) is 12.6 Å². The summed E-state index contributed by atoms with van der Waals surface area (Å²) in [6.07, 6.45) is -0.423. The number of aromatic nitrogens is 1. The lowest BCUT2D eigenvalue weighted by molar-refractivity contribution is 0.0782. The standard InChI is InChI=1S/C27H21NO6/c1-31-21-12-11-18-22-24(16-7-3-4-8-17(16)25(22)29)28(27(30)23(18)26(21)32-2)13-15-14-33-19-9-5-6-10-20(19)34-15/h3-12,15H,13-14H2,1-2H3/t15-/m0/s1. The number of pyridine rings is 1. The van der Waals surface area contributed by atoms with Crippen LogP contribution in [0.1, 0.15) is 15.9 Å². The number of methoxy groups -OCH3 is 2. The lowest BCUT2D eigenvalue weighted by Crippen LogP contribution is -2.37. The van der Waals surface area contributed by atoms with Crippen LogP contribution in [0.3, 0.4) is 0 Å². The van der Waals surface area contributed by atoms with Gasteiger partial charge in [0.15, 0.2) is 34.9 Å². The fraction of sp³-hybridized carbons (Fsp3) is 0.185. The van der Waals surface area contributed by atoms with E-state index in [9.17, 15) is 9.59 Å². The van der Waals surface area contributed by atoms with E-state index in [4.69, 9.17) is 18.9 Å². The van der Waals surface area contributed by atoms with E-state index in [1.165, 1.54) is 14.2 Å². The molecule has 1 aliphatic heterocycles. The van der Waals surface area contributed by atoms with Gasteiger partial charge in [-0.3, -0.25) is 9.59 Å². The zero-order valence-corrected chi connectivity index (χ0v) is 18.7. The Morgan fingerprint density at radius 1 is 0.912 bits per heavy atom. The van der Waals surface area contributed by atoms with Gasteiger partial charge < -0.3 is 23.5 Å². The van der Waals surface area contributed by atoms with Crippen molar-refractivity contribution in [2.75, 3.05) is 20.8 Å². The topological polar surface area (TPSA) is 76.0 Å². The molecule has 1 atom stereocenters. The number of carbonyl (C=O) groups excluding carboxylic acids is 1. The highest BCUT2D eigenvalue weighted by Gasteiger charge is 2.35. The van der Waals surface area contributed by atoms with Crippen molar-refractivity contribution >= 4 is 16.6 Å². The van der Waals surface area contributed by atoms with Crippen LogP contribution in [0.4, 0.5) is 0 Å². The molecule has 0 amide bonds. The Hall–Kier alpha value is -4.26. The number of rotatable bonds is 4. The molecule has 2 aliphatic rings. The third kappa shape index (κ3) is 2.83. The average molecular weight is 455 g/mol. The Bertz CT molecular complexity index is 1540. The van der Waals surface area contributed by atoms with Crippen LogP contribution in [0.15, 0.2) is 65.5 Å². The normalized spacial score (nSPS) is 15.7. The molecule has 0 bridgehead atoms. The molecular formula is C27H21NO6. The maximum absolute atomic E-state index is 14.0. The number of benzene rings is 3. The van der Waals surface area contributed by atoms with Crippen LogP contribution < -0.4 is 24.5 Å². The van der Waals surface area contributed by atoms with Crippen molar-refractivity contribution in [3.8, 4) is 34.3 Å². The first kappa shape index (κ1) is 20.4. The number of ether oxygens (including phenoxy) is 4. The lowest BCUT2D eigenvalue weighted by atomic mass is 10.0. The molecule has 0 unspecified atom stereocenters. The summed E-state index contributed by atoms with van der Waals surface area (Å²) >= 11 is 0. The van der Waals surface area contributed by atoms with Crippen LogP contribution >= 0.6 is 0 Å². The van der Waals surface area contributed by atoms with Gasteiger partial charge in [-0.2, -0.15) is 0 Å². The van der Waals surface area contributed by atoms with Crippen molar-refractivity contribution in [3.05, 3.63) is 82.1 Å². The van der Waals surface area contributed by atoms with Crippen LogP contribution in [0.5, 0.6) is 23.0 Å². The zero-order chi connectivity index (χ0) is 23.4. The number of fused-ring (bicyclic) bond motifs is 6. The molecule has 7 nitrogen and oxygen atoms in total. The van der Waals surface area contributed by atoms with Gasteiger partial charge in [0.1, 0.15) is 6.61 Å². The summed E-state index contributed by atoms with van der Waals surface area (Å²) in [6, 6.07) is 18.3. The van der Waals surface area contributed by atoms with Crippen molar-refractivity contribution in [1.82, 2.24) is 4.57 Å². The maximum atomic E-state index is 14.0. The van der Waals surface area contributed by atoms with Crippen LogP contribution in [-0.2, 0) is 6.54 Å². The first-order chi connectivity index (χ1) is 16.6. The highest BCUT2D eigenvalue weighted by Crippen LogP contribution is 2.43. The van der Waals surface area contributed by atoms with E-state index in [0.29, 0.717) is 50.6 Å². The van der Waals surface area contributed by atoms with Gasteiger partial charge in [-0.1, -0.05) is 36.4 Å². The predicted molar refractivity (Wildman–Crippen MR) is 127 cm³/mol. The highest BCUT2D eigenvalue weighted by molar-refractivity contribution is 6.27. The molecule has 6 rings (SSSR count). The SMILES string of the molecule is COc1ccc2c3c(n(C[C@H]4COc5ccccc5O4)c(=O)c2c1OC)-c1ccccc1C3=O. The number of nitrogens with zero attached hydrogens (tertiary/aromatic N) is 1. The zero-order valence-electron chi connectivity index (χ0n) is 18.7. The van der Waals surface area contributed by atoms with Gasteiger partial charge in [-0.05, 0) is 24.3 Å². The van der Waals surface area contributed by atoms with E-state index in [2.05, 4.69) is 0 Å². The average Bonchev–Trinajstić information content (AvgIpc) is 3.18. The minimum atomic E-state index is -0.423. The van der Waals surface area contributed by atoms with Crippen molar-refractivity contribution in [1.29, 1.82) is 0 Å². The Balaban J connectivity index is 1.60. The molecule has 170 valence electrons. The lowest BCUT2D eigenvalue weighted by Gasteiger charge is -2.28. The van der Waals surface area contributed by atoms with E-state index in [1.54, 1.807) is 22.8 Å². The summed E-state index contributed by atoms with van der Waals surface area (Å²) in [5.41, 5.74) is 2.09. The fourth-order valence-corrected chi connectivity index (χ4v) is 4.91. The van der Waals surface area contributed by atoms with Gasteiger partial charge in [0.05, 0.1) is 37.4 Å². The first-order valence-electron chi connectivity index (χ1n) is 11.0. The molecule has 34 heavy (non-hydrogen) atoms. The van der Waals surface area contributed by atoms with Crippen LogP contribution in [0, 0.1) is 0 Å². The Labute approximate surface area is 195 Å². The Morgan fingerprint density at radius 3 is 2.41 bits per heavy atom. The largest absolute Gasteiger partial charge is 0.493 e. The number of ketones is 1. The molecule has 1 aromatic heterocycles. The summed E-state index contributed by atoms with van der Waals surface area (Å²) in [6.45, 7) is 0.481. The quantitative estimate of drug-likeness (QED) is 0.407. The summed E-state index contributed by atoms with van der Waals surface area (Å²) in [5, 5.41) is 0.847. The smallest absolute Gasteiger partial charge is 0.262 e. The van der Waals surface area contributed by atoms with Crippen molar-refractivity contribution in [3.63, 3.8) is 0 Å². The van der Waals surface area contributed by atoms with Crippen LogP contribution in [0.2, 0.25) is 0 Å². The second-order valence-electron chi connectivity index (χ2n) is 8.24. The number of hydrogen-bond acceptors (Lipinski definition) is 6. The molecule has 7 heteroatoms. The highest BCUT2D eigenvalue weighted by atomic mass is 16.6. The third-order valence-electron chi connectivity index (χ3n) is 6.39. The second kappa shape index (κ2) is 7.66. The summed E-state index contributed by atoms with van der Waals surface area (Å²) in [5.74, 6) is 1.90. The van der Waals surface area contributed by atoms with E-state index < -0.39 is 6.10 Å². The molecule has 0 saturated heterocycles. The van der Waals surface area contributed by atoms with E-state index in [-0.39, 0.29) is 24.5 Å². The van der Waals surface area contributed by atoms with Crippen LogP contribution in [-0.4, -0.2) is 37.3 Å². The molecule has 0 saturated carbocycles. The summed E-state index contributed by atoms with van der Waals surface area (Å²) < 4.78 is 24.7. The second-order valence-corrected chi connectivity index (χ2v) is 8.24. The molecule has 0 fully saturated rings.